The Labute approximate surface area is 194 Å². The highest BCUT2D eigenvalue weighted by Crippen LogP contribution is 2.47. The molecular formula is C23H24F2N4O3S. The first kappa shape index (κ1) is 21.1. The molecule has 3 fully saturated rings. The normalized spacial score (nSPS) is 26.1. The molecule has 0 aliphatic carbocycles. The fourth-order valence-corrected chi connectivity index (χ4v) is 6.58. The van der Waals surface area contributed by atoms with E-state index in [4.69, 9.17) is 4.74 Å². The maximum Gasteiger partial charge on any atom is 0.257 e. The first-order valence-electron chi connectivity index (χ1n) is 11.3. The third-order valence-corrected chi connectivity index (χ3v) is 8.26. The van der Waals surface area contributed by atoms with Gasteiger partial charge in [-0.3, -0.25) is 14.3 Å². The van der Waals surface area contributed by atoms with Crippen LogP contribution in [0.1, 0.15) is 53.3 Å². The fourth-order valence-electron chi connectivity index (χ4n) is 5.64. The Morgan fingerprint density at radius 2 is 1.88 bits per heavy atom. The molecule has 1 aromatic carbocycles. The highest BCUT2D eigenvalue weighted by atomic mass is 32.2. The van der Waals surface area contributed by atoms with Gasteiger partial charge in [-0.2, -0.15) is 16.9 Å². The average Bonchev–Trinajstić information content (AvgIpc) is 3.48. The summed E-state index contributed by atoms with van der Waals surface area (Å²) in [6.07, 6.45) is 3.31. The quantitative estimate of drug-likeness (QED) is 0.669. The van der Waals surface area contributed by atoms with Crippen LogP contribution in [0, 0.1) is 11.6 Å². The van der Waals surface area contributed by atoms with Gasteiger partial charge in [0.25, 0.3) is 11.8 Å². The Balaban J connectivity index is 1.18. The van der Waals surface area contributed by atoms with Gasteiger partial charge in [-0.15, -0.1) is 0 Å². The van der Waals surface area contributed by atoms with E-state index in [-0.39, 0.29) is 11.8 Å². The van der Waals surface area contributed by atoms with Crippen LogP contribution in [-0.4, -0.2) is 62.1 Å². The topological polar surface area (TPSA) is 67.7 Å². The molecule has 0 radical (unpaired) electrons. The largest absolute Gasteiger partial charge is 0.342 e. The van der Waals surface area contributed by atoms with Gasteiger partial charge >= 0.3 is 0 Å². The van der Waals surface area contributed by atoms with E-state index in [1.54, 1.807) is 27.8 Å². The number of carbonyl (C=O) groups is 2. The second-order valence-electron chi connectivity index (χ2n) is 9.15. The first-order valence-corrected chi connectivity index (χ1v) is 12.5. The van der Waals surface area contributed by atoms with Crippen molar-refractivity contribution in [1.29, 1.82) is 0 Å². The Morgan fingerprint density at radius 3 is 2.64 bits per heavy atom. The molecule has 1 spiro atoms. The zero-order valence-electron chi connectivity index (χ0n) is 18.0. The number of piperidine rings is 1. The lowest BCUT2D eigenvalue weighted by Crippen LogP contribution is -2.51. The third-order valence-electron chi connectivity index (χ3n) is 7.31. The average molecular weight is 475 g/mol. The summed E-state index contributed by atoms with van der Waals surface area (Å²) in [7, 11) is 0. The summed E-state index contributed by atoms with van der Waals surface area (Å²) in [4.78, 5) is 30.1. The standard InChI is InChI=1S/C23H24F2N4O3S/c24-15-9-14(10-16(25)11-15)18-1-2-20-29(18)22(31)23(32-20)3-5-27(6-4-23)21(30)17-12-26-28-7-8-33-13-19(17)28/h9-12,18,20H,1-8,13H2/t18-,20?/m0/s1. The first-order chi connectivity index (χ1) is 15.9. The second-order valence-corrected chi connectivity index (χ2v) is 10.3. The summed E-state index contributed by atoms with van der Waals surface area (Å²) in [6, 6.07) is 3.02. The summed E-state index contributed by atoms with van der Waals surface area (Å²) < 4.78 is 35.8. The van der Waals surface area contributed by atoms with Crippen LogP contribution in [0.4, 0.5) is 8.78 Å². The van der Waals surface area contributed by atoms with Gasteiger partial charge in [0.2, 0.25) is 0 Å². The lowest BCUT2D eigenvalue weighted by Gasteiger charge is -2.37. The van der Waals surface area contributed by atoms with Crippen LogP contribution < -0.4 is 0 Å². The maximum atomic E-state index is 13.8. The number of amides is 2. The molecule has 1 aromatic heterocycles. The van der Waals surface area contributed by atoms with Crippen LogP contribution in [0.5, 0.6) is 0 Å². The number of hydrogen-bond donors (Lipinski definition) is 0. The van der Waals surface area contributed by atoms with Gasteiger partial charge < -0.3 is 14.5 Å². The minimum atomic E-state index is -0.972. The van der Waals surface area contributed by atoms with Crippen LogP contribution in [0.3, 0.4) is 0 Å². The van der Waals surface area contributed by atoms with E-state index < -0.39 is 29.5 Å². The van der Waals surface area contributed by atoms with Crippen molar-refractivity contribution < 1.29 is 23.1 Å². The number of fused-ring (bicyclic) bond motifs is 2. The number of nitrogens with zero attached hydrogens (tertiary/aromatic N) is 4. The fraction of sp³-hybridized carbons (Fsp3) is 0.522. The predicted octanol–water partition coefficient (Wildman–Crippen LogP) is 3.10. The summed E-state index contributed by atoms with van der Waals surface area (Å²) in [5.41, 5.74) is 1.10. The van der Waals surface area contributed by atoms with E-state index in [1.807, 2.05) is 4.68 Å². The van der Waals surface area contributed by atoms with Gasteiger partial charge in [0.05, 0.1) is 30.0 Å². The van der Waals surface area contributed by atoms with Crippen molar-refractivity contribution >= 4 is 23.6 Å². The lowest BCUT2D eigenvalue weighted by molar-refractivity contribution is -0.142. The smallest absolute Gasteiger partial charge is 0.257 e. The maximum absolute atomic E-state index is 13.8. The summed E-state index contributed by atoms with van der Waals surface area (Å²) in [5.74, 6) is 0.291. The van der Waals surface area contributed by atoms with Crippen LogP contribution in [-0.2, 0) is 21.8 Å². The number of benzene rings is 1. The van der Waals surface area contributed by atoms with E-state index in [0.717, 1.165) is 29.8 Å². The third kappa shape index (κ3) is 3.37. The van der Waals surface area contributed by atoms with Crippen molar-refractivity contribution in [2.45, 2.75) is 55.9 Å². The lowest BCUT2D eigenvalue weighted by atomic mass is 9.89. The van der Waals surface area contributed by atoms with Gasteiger partial charge in [0.15, 0.2) is 5.60 Å². The number of thioether (sulfide) groups is 1. The molecule has 0 saturated carbocycles. The van der Waals surface area contributed by atoms with Crippen LogP contribution in [0.15, 0.2) is 24.4 Å². The molecule has 7 nitrogen and oxygen atoms in total. The van der Waals surface area contributed by atoms with E-state index >= 15 is 0 Å². The van der Waals surface area contributed by atoms with Crippen molar-refractivity contribution in [2.24, 2.45) is 0 Å². The minimum Gasteiger partial charge on any atom is -0.342 e. The molecule has 0 bridgehead atoms. The van der Waals surface area contributed by atoms with Crippen molar-refractivity contribution in [3.8, 4) is 0 Å². The minimum absolute atomic E-state index is 0.0485. The molecule has 0 N–H and O–H groups in total. The monoisotopic (exact) mass is 474 g/mol. The Kier molecular flexibility index (Phi) is 4.99. The summed E-state index contributed by atoms with van der Waals surface area (Å²) in [6.45, 7) is 1.65. The molecule has 2 amide bonds. The highest BCUT2D eigenvalue weighted by molar-refractivity contribution is 7.98. The number of rotatable bonds is 2. The second kappa shape index (κ2) is 7.80. The Hall–Kier alpha value is -2.46. The van der Waals surface area contributed by atoms with E-state index in [9.17, 15) is 18.4 Å². The number of aryl methyl sites for hydroxylation is 1. The van der Waals surface area contributed by atoms with Crippen molar-refractivity contribution in [1.82, 2.24) is 19.6 Å². The number of hydrogen-bond acceptors (Lipinski definition) is 5. The predicted molar refractivity (Wildman–Crippen MR) is 116 cm³/mol. The molecule has 174 valence electrons. The van der Waals surface area contributed by atoms with Gasteiger partial charge in [0, 0.05) is 43.5 Å². The van der Waals surface area contributed by atoms with Crippen LogP contribution in [0.2, 0.25) is 0 Å². The molecule has 10 heteroatoms. The molecule has 4 aliphatic heterocycles. The molecule has 4 aliphatic rings. The molecule has 6 rings (SSSR count). The van der Waals surface area contributed by atoms with E-state index in [1.165, 1.54) is 12.1 Å². The Morgan fingerprint density at radius 1 is 1.12 bits per heavy atom. The van der Waals surface area contributed by atoms with Gasteiger partial charge in [-0.05, 0) is 30.5 Å². The number of likely N-dealkylation sites (tertiary alicyclic amines) is 1. The van der Waals surface area contributed by atoms with Gasteiger partial charge in [-0.1, -0.05) is 0 Å². The van der Waals surface area contributed by atoms with E-state index in [2.05, 4.69) is 5.10 Å². The van der Waals surface area contributed by atoms with Crippen molar-refractivity contribution in [3.63, 3.8) is 0 Å². The van der Waals surface area contributed by atoms with Crippen LogP contribution in [0.25, 0.3) is 0 Å². The summed E-state index contributed by atoms with van der Waals surface area (Å²) >= 11 is 1.80. The molecule has 1 unspecified atom stereocenters. The SMILES string of the molecule is O=C(c1cnn2c1CSCC2)N1CCC2(CC1)OC1CC[C@@H](c3cc(F)cc(F)c3)N1C2=O. The molecule has 33 heavy (non-hydrogen) atoms. The van der Waals surface area contributed by atoms with Crippen molar-refractivity contribution in [2.75, 3.05) is 18.8 Å². The zero-order valence-corrected chi connectivity index (χ0v) is 18.8. The number of halogens is 2. The van der Waals surface area contributed by atoms with Crippen molar-refractivity contribution in [3.05, 3.63) is 52.9 Å². The van der Waals surface area contributed by atoms with E-state index in [0.29, 0.717) is 49.9 Å². The van der Waals surface area contributed by atoms with Gasteiger partial charge in [-0.25, -0.2) is 8.78 Å². The number of carbonyl (C=O) groups excluding carboxylic acids is 2. The number of aromatic nitrogens is 2. The highest BCUT2D eigenvalue weighted by Gasteiger charge is 2.58. The zero-order chi connectivity index (χ0) is 22.7. The molecular weight excluding hydrogens is 450 g/mol. The van der Waals surface area contributed by atoms with Crippen LogP contribution >= 0.6 is 11.8 Å². The molecule has 2 atom stereocenters. The van der Waals surface area contributed by atoms with Gasteiger partial charge in [0.1, 0.15) is 17.9 Å². The Bertz CT molecular complexity index is 1110. The molecule has 5 heterocycles. The summed E-state index contributed by atoms with van der Waals surface area (Å²) in [5, 5.41) is 4.36. The molecule has 3 saturated heterocycles. The molecule has 2 aromatic rings. The number of ether oxygens (including phenoxy) is 1.